The number of thiazole rings is 1. The Morgan fingerprint density at radius 1 is 1.00 bits per heavy atom. The molecule has 0 atom stereocenters. The molecule has 1 amide bonds. The van der Waals surface area contributed by atoms with Gasteiger partial charge in [0.15, 0.2) is 11.7 Å². The van der Waals surface area contributed by atoms with Gasteiger partial charge in [0.25, 0.3) is 5.91 Å². The molecular formula is C24H27N3O8S. The summed E-state index contributed by atoms with van der Waals surface area (Å²) in [6, 6.07) is 5.30. The minimum absolute atomic E-state index is 0.0608. The van der Waals surface area contributed by atoms with Gasteiger partial charge in [0.05, 0.1) is 41.7 Å². The first-order valence-electron chi connectivity index (χ1n) is 11.1. The van der Waals surface area contributed by atoms with Gasteiger partial charge in [-0.15, -0.1) is 0 Å². The molecule has 0 aliphatic carbocycles. The first kappa shape index (κ1) is 26.7. The summed E-state index contributed by atoms with van der Waals surface area (Å²) in [5, 5.41) is 5.81. The molecule has 11 nitrogen and oxygen atoms in total. The van der Waals surface area contributed by atoms with Gasteiger partial charge in [-0.05, 0) is 45.9 Å². The smallest absolute Gasteiger partial charge is 0.337 e. The van der Waals surface area contributed by atoms with E-state index < -0.39 is 36.3 Å². The van der Waals surface area contributed by atoms with Crippen LogP contribution >= 0.6 is 11.3 Å². The molecule has 1 aromatic heterocycles. The van der Waals surface area contributed by atoms with Crippen LogP contribution in [0.5, 0.6) is 5.75 Å². The number of methoxy groups -OCH3 is 1. The molecule has 12 heteroatoms. The second-order valence-corrected chi connectivity index (χ2v) is 8.62. The molecule has 1 aliphatic heterocycles. The predicted octanol–water partition coefficient (Wildman–Crippen LogP) is 2.68. The van der Waals surface area contributed by atoms with E-state index in [1.54, 1.807) is 53.0 Å². The fraction of sp³-hybridized carbons (Fsp3) is 0.375. The summed E-state index contributed by atoms with van der Waals surface area (Å²) in [7, 11) is 1.55. The Morgan fingerprint density at radius 2 is 1.61 bits per heavy atom. The molecule has 2 N–H and O–H groups in total. The molecule has 0 saturated heterocycles. The van der Waals surface area contributed by atoms with E-state index in [1.165, 1.54) is 11.3 Å². The monoisotopic (exact) mass is 517 g/mol. The maximum atomic E-state index is 13.2. The van der Waals surface area contributed by atoms with E-state index in [9.17, 15) is 19.2 Å². The van der Waals surface area contributed by atoms with Crippen LogP contribution in [0.1, 0.15) is 27.7 Å². The van der Waals surface area contributed by atoms with Crippen molar-refractivity contribution in [3.8, 4) is 5.75 Å². The molecule has 0 spiro atoms. The van der Waals surface area contributed by atoms with Crippen LogP contribution in [0.15, 0.2) is 40.7 Å². The highest BCUT2D eigenvalue weighted by atomic mass is 32.1. The second-order valence-electron chi connectivity index (χ2n) is 7.58. The number of fused-ring (bicyclic) bond motifs is 1. The molecule has 2 heterocycles. The van der Waals surface area contributed by atoms with Crippen molar-refractivity contribution in [2.75, 3.05) is 32.2 Å². The van der Waals surface area contributed by atoms with Gasteiger partial charge in [-0.1, -0.05) is 11.3 Å². The third-order valence-electron chi connectivity index (χ3n) is 5.17. The highest BCUT2D eigenvalue weighted by Gasteiger charge is 2.42. The van der Waals surface area contributed by atoms with Crippen molar-refractivity contribution >= 4 is 50.5 Å². The van der Waals surface area contributed by atoms with E-state index in [2.05, 4.69) is 15.6 Å². The van der Waals surface area contributed by atoms with Crippen molar-refractivity contribution in [2.45, 2.75) is 27.7 Å². The third-order valence-corrected chi connectivity index (χ3v) is 6.11. The Bertz CT molecular complexity index is 1220. The maximum absolute atomic E-state index is 13.2. The van der Waals surface area contributed by atoms with Crippen LogP contribution in [0, 0.1) is 5.92 Å². The molecule has 3 rings (SSSR count). The number of dihydropyridines is 1. The van der Waals surface area contributed by atoms with Gasteiger partial charge < -0.3 is 24.3 Å². The van der Waals surface area contributed by atoms with Crippen molar-refractivity contribution in [1.29, 1.82) is 0 Å². The number of carbonyl (C=O) groups excluding carboxylic acids is 4. The first-order chi connectivity index (χ1) is 17.2. The van der Waals surface area contributed by atoms with E-state index in [0.29, 0.717) is 27.8 Å². The number of nitrogens with zero attached hydrogens (tertiary/aromatic N) is 1. The summed E-state index contributed by atoms with van der Waals surface area (Å²) in [4.78, 5) is 55.3. The molecule has 0 fully saturated rings. The topological polar surface area (TPSA) is 142 Å². The zero-order chi connectivity index (χ0) is 26.4. The first-order valence-corrected chi connectivity index (χ1v) is 12.0. The van der Waals surface area contributed by atoms with Crippen LogP contribution in [-0.2, 0) is 33.4 Å². The molecule has 2 aromatic rings. The number of benzene rings is 1. The fourth-order valence-electron chi connectivity index (χ4n) is 3.65. The summed E-state index contributed by atoms with van der Waals surface area (Å²) >= 11 is 1.23. The van der Waals surface area contributed by atoms with E-state index in [-0.39, 0.29) is 24.4 Å². The van der Waals surface area contributed by atoms with Gasteiger partial charge in [0.2, 0.25) is 0 Å². The normalized spacial score (nSPS) is 13.8. The molecule has 1 aliphatic rings. The average molecular weight is 518 g/mol. The van der Waals surface area contributed by atoms with E-state index >= 15 is 0 Å². The number of anilines is 1. The van der Waals surface area contributed by atoms with Crippen molar-refractivity contribution in [2.24, 2.45) is 5.92 Å². The van der Waals surface area contributed by atoms with Crippen molar-refractivity contribution < 1.29 is 38.1 Å². The Kier molecular flexibility index (Phi) is 8.64. The number of hydrogen-bond donors (Lipinski definition) is 2. The quantitative estimate of drug-likeness (QED) is 0.376. The van der Waals surface area contributed by atoms with Crippen LogP contribution in [0.2, 0.25) is 0 Å². The molecule has 0 radical (unpaired) electrons. The van der Waals surface area contributed by atoms with Gasteiger partial charge in [0.1, 0.15) is 11.7 Å². The van der Waals surface area contributed by atoms with Crippen LogP contribution in [0.4, 0.5) is 5.13 Å². The molecule has 192 valence electrons. The van der Waals surface area contributed by atoms with Gasteiger partial charge in [-0.3, -0.25) is 14.9 Å². The Labute approximate surface area is 211 Å². The van der Waals surface area contributed by atoms with Gasteiger partial charge >= 0.3 is 17.9 Å². The van der Waals surface area contributed by atoms with Crippen LogP contribution in [0.25, 0.3) is 10.2 Å². The molecule has 36 heavy (non-hydrogen) atoms. The zero-order valence-corrected chi connectivity index (χ0v) is 21.4. The maximum Gasteiger partial charge on any atom is 0.337 e. The molecule has 0 unspecified atom stereocenters. The highest BCUT2D eigenvalue weighted by molar-refractivity contribution is 7.22. The Hall–Kier alpha value is -3.93. The Morgan fingerprint density at radius 3 is 2.17 bits per heavy atom. The number of rotatable bonds is 9. The second kappa shape index (κ2) is 11.7. The summed E-state index contributed by atoms with van der Waals surface area (Å²) in [5.41, 5.74) is 1.15. The molecule has 1 aromatic carbocycles. The van der Waals surface area contributed by atoms with E-state index in [4.69, 9.17) is 18.9 Å². The number of nitrogens with one attached hydrogen (secondary N) is 2. The fourth-order valence-corrected chi connectivity index (χ4v) is 4.56. The lowest BCUT2D eigenvalue weighted by atomic mass is 9.85. The minimum atomic E-state index is -1.42. The number of allylic oxidation sites excluding steroid dienone is 2. The minimum Gasteiger partial charge on any atom is -0.497 e. The van der Waals surface area contributed by atoms with Crippen LogP contribution in [-0.4, -0.2) is 55.7 Å². The summed E-state index contributed by atoms with van der Waals surface area (Å²) in [6.45, 7) is 5.85. The SMILES string of the molecule is CCOC(=O)C1=C(C)NC(C)=C(C(=O)OCC)C1C(=O)OCC(=O)Nc1nc2ccc(OC)cc2s1. The van der Waals surface area contributed by atoms with Gasteiger partial charge in [0, 0.05) is 11.4 Å². The number of aromatic nitrogens is 1. The molecule has 0 saturated carbocycles. The van der Waals surface area contributed by atoms with E-state index in [0.717, 1.165) is 4.70 Å². The van der Waals surface area contributed by atoms with Gasteiger partial charge in [-0.25, -0.2) is 14.6 Å². The summed E-state index contributed by atoms with van der Waals surface area (Å²) < 4.78 is 21.4. The third kappa shape index (κ3) is 5.82. The number of carbonyl (C=O) groups is 4. The Balaban J connectivity index is 1.78. The van der Waals surface area contributed by atoms with Crippen molar-refractivity contribution in [1.82, 2.24) is 10.3 Å². The molecule has 0 bridgehead atoms. The number of amides is 1. The highest BCUT2D eigenvalue weighted by Crippen LogP contribution is 2.33. The standard InChI is InChI=1S/C24H27N3O8S/c1-6-33-21(29)18-12(3)25-13(4)19(22(30)34-7-2)20(18)23(31)35-11-17(28)27-24-26-15-9-8-14(32-5)10-16(15)36-24/h8-10,20,25H,6-7,11H2,1-5H3,(H,26,27,28). The summed E-state index contributed by atoms with van der Waals surface area (Å²) in [6.07, 6.45) is 0. The number of ether oxygens (including phenoxy) is 4. The van der Waals surface area contributed by atoms with Crippen molar-refractivity contribution in [3.63, 3.8) is 0 Å². The van der Waals surface area contributed by atoms with Crippen LogP contribution in [0.3, 0.4) is 0 Å². The number of hydrogen-bond acceptors (Lipinski definition) is 11. The van der Waals surface area contributed by atoms with Gasteiger partial charge in [-0.2, -0.15) is 0 Å². The largest absolute Gasteiger partial charge is 0.497 e. The lowest BCUT2D eigenvalue weighted by Crippen LogP contribution is -2.39. The lowest BCUT2D eigenvalue weighted by Gasteiger charge is -2.28. The van der Waals surface area contributed by atoms with E-state index in [1.807, 2.05) is 0 Å². The zero-order valence-electron chi connectivity index (χ0n) is 20.6. The average Bonchev–Trinajstić information content (AvgIpc) is 3.23. The molecular weight excluding hydrogens is 490 g/mol. The van der Waals surface area contributed by atoms with Crippen LogP contribution < -0.4 is 15.4 Å². The van der Waals surface area contributed by atoms with Crippen molar-refractivity contribution in [3.05, 3.63) is 40.7 Å². The lowest BCUT2D eigenvalue weighted by molar-refractivity contribution is -0.153. The predicted molar refractivity (Wildman–Crippen MR) is 131 cm³/mol. The number of esters is 3. The summed E-state index contributed by atoms with van der Waals surface area (Å²) in [5.74, 6) is -3.94.